The molecule has 23 heavy (non-hydrogen) atoms. The lowest BCUT2D eigenvalue weighted by Gasteiger charge is -2.07. The Hall–Kier alpha value is -2.81. The van der Waals surface area contributed by atoms with Gasteiger partial charge in [-0.2, -0.15) is 0 Å². The molecule has 2 heterocycles. The molecule has 0 fully saturated rings. The van der Waals surface area contributed by atoms with Crippen molar-refractivity contribution in [2.45, 2.75) is 13.3 Å². The molecule has 0 saturated carbocycles. The average Bonchev–Trinajstić information content (AvgIpc) is 3.10. The fraction of sp³-hybridized carbons (Fsp3) is 0.150. The smallest absolute Gasteiger partial charge is 0.258 e. The quantitative estimate of drug-likeness (QED) is 0.706. The summed E-state index contributed by atoms with van der Waals surface area (Å²) >= 11 is 0. The molecule has 1 aliphatic heterocycles. The first-order valence-corrected chi connectivity index (χ1v) is 7.89. The molecule has 4 rings (SSSR count). The molecule has 0 atom stereocenters. The van der Waals surface area contributed by atoms with E-state index in [4.69, 9.17) is 0 Å². The molecule has 1 amide bonds. The van der Waals surface area contributed by atoms with Gasteiger partial charge in [0.05, 0.1) is 5.69 Å². The van der Waals surface area contributed by atoms with Gasteiger partial charge in [0.15, 0.2) is 0 Å². The van der Waals surface area contributed by atoms with Crippen molar-refractivity contribution < 1.29 is 4.79 Å². The van der Waals surface area contributed by atoms with Gasteiger partial charge in [-0.3, -0.25) is 4.79 Å². The number of H-pyrrole nitrogens is 1. The number of para-hydroxylation sites is 2. The summed E-state index contributed by atoms with van der Waals surface area (Å²) in [7, 11) is 1.83. The molecule has 114 valence electrons. The van der Waals surface area contributed by atoms with Crippen molar-refractivity contribution in [2.24, 2.45) is 0 Å². The molecule has 3 aromatic rings. The molecule has 3 nitrogen and oxygen atoms in total. The molecule has 1 N–H and O–H groups in total. The van der Waals surface area contributed by atoms with E-state index in [1.54, 1.807) is 4.90 Å². The van der Waals surface area contributed by atoms with Crippen LogP contribution in [-0.2, 0) is 11.2 Å². The molecule has 3 heteroatoms. The van der Waals surface area contributed by atoms with E-state index in [2.05, 4.69) is 30.1 Å². The van der Waals surface area contributed by atoms with Gasteiger partial charge in [0.1, 0.15) is 0 Å². The predicted molar refractivity (Wildman–Crippen MR) is 95.4 cm³/mol. The lowest BCUT2D eigenvalue weighted by atomic mass is 10.0. The van der Waals surface area contributed by atoms with Crippen LogP contribution in [0.25, 0.3) is 22.6 Å². The lowest BCUT2D eigenvalue weighted by molar-refractivity contribution is -0.112. The second kappa shape index (κ2) is 5.13. The molecule has 0 aliphatic carbocycles. The van der Waals surface area contributed by atoms with Crippen LogP contribution >= 0.6 is 0 Å². The number of nitrogens with one attached hydrogen (secondary N) is 1. The Labute approximate surface area is 135 Å². The highest BCUT2D eigenvalue weighted by Crippen LogP contribution is 2.37. The average molecular weight is 302 g/mol. The molecule has 0 saturated heterocycles. The van der Waals surface area contributed by atoms with E-state index in [9.17, 15) is 4.79 Å². The van der Waals surface area contributed by atoms with Crippen molar-refractivity contribution in [3.63, 3.8) is 0 Å². The third-order valence-corrected chi connectivity index (χ3v) is 4.61. The van der Waals surface area contributed by atoms with Gasteiger partial charge >= 0.3 is 0 Å². The van der Waals surface area contributed by atoms with Crippen LogP contribution in [0.5, 0.6) is 0 Å². The Morgan fingerprint density at radius 3 is 2.78 bits per heavy atom. The Bertz CT molecular complexity index is 949. The third-order valence-electron chi connectivity index (χ3n) is 4.61. The number of aryl methyl sites for hydroxylation is 1. The molecular weight excluding hydrogens is 284 g/mol. The van der Waals surface area contributed by atoms with Gasteiger partial charge in [-0.1, -0.05) is 43.3 Å². The summed E-state index contributed by atoms with van der Waals surface area (Å²) in [6.07, 6.45) is 4.98. The van der Waals surface area contributed by atoms with Crippen molar-refractivity contribution in [3.05, 3.63) is 65.4 Å². The minimum atomic E-state index is 0.0483. The number of aromatic amines is 1. The van der Waals surface area contributed by atoms with E-state index >= 15 is 0 Å². The van der Waals surface area contributed by atoms with Crippen LogP contribution in [0, 0.1) is 0 Å². The minimum absolute atomic E-state index is 0.0483. The van der Waals surface area contributed by atoms with Crippen LogP contribution in [0.3, 0.4) is 0 Å². The largest absolute Gasteiger partial charge is 0.360 e. The van der Waals surface area contributed by atoms with Crippen LogP contribution in [0.15, 0.2) is 48.7 Å². The van der Waals surface area contributed by atoms with E-state index in [1.807, 2.05) is 43.6 Å². The first-order chi connectivity index (χ1) is 11.2. The highest BCUT2D eigenvalue weighted by atomic mass is 16.2. The number of likely N-dealkylation sites (N-methyl/N-ethyl adjacent to an activating group) is 1. The summed E-state index contributed by atoms with van der Waals surface area (Å²) in [5.41, 5.74) is 6.24. The maximum atomic E-state index is 12.6. The van der Waals surface area contributed by atoms with Crippen LogP contribution in [-0.4, -0.2) is 17.9 Å². The molecule has 1 aliphatic rings. The zero-order chi connectivity index (χ0) is 16.0. The number of aromatic nitrogens is 1. The molecule has 0 spiro atoms. The van der Waals surface area contributed by atoms with Crippen molar-refractivity contribution in [3.8, 4) is 0 Å². The third kappa shape index (κ3) is 2.00. The normalized spacial score (nSPS) is 15.7. The lowest BCUT2D eigenvalue weighted by Crippen LogP contribution is -2.20. The van der Waals surface area contributed by atoms with Gasteiger partial charge in [-0.25, -0.2) is 0 Å². The second-order valence-electron chi connectivity index (χ2n) is 5.88. The Kier molecular flexibility index (Phi) is 3.08. The highest BCUT2D eigenvalue weighted by Gasteiger charge is 2.29. The number of amides is 1. The molecule has 2 aromatic carbocycles. The summed E-state index contributed by atoms with van der Waals surface area (Å²) in [5.74, 6) is 0.0483. The van der Waals surface area contributed by atoms with Crippen molar-refractivity contribution >= 4 is 34.1 Å². The van der Waals surface area contributed by atoms with Crippen LogP contribution in [0.2, 0.25) is 0 Å². The summed E-state index contributed by atoms with van der Waals surface area (Å²) in [6.45, 7) is 2.15. The number of hydrogen-bond acceptors (Lipinski definition) is 1. The molecule has 0 bridgehead atoms. The summed E-state index contributed by atoms with van der Waals surface area (Å²) in [5, 5.41) is 1.16. The van der Waals surface area contributed by atoms with Gasteiger partial charge in [0.2, 0.25) is 0 Å². The number of anilines is 1. The molecule has 0 radical (unpaired) electrons. The van der Waals surface area contributed by atoms with Gasteiger partial charge < -0.3 is 9.88 Å². The Morgan fingerprint density at radius 1 is 1.13 bits per heavy atom. The topological polar surface area (TPSA) is 36.1 Å². The number of rotatable bonds is 2. The van der Waals surface area contributed by atoms with Crippen molar-refractivity contribution in [2.75, 3.05) is 11.9 Å². The van der Waals surface area contributed by atoms with E-state index < -0.39 is 0 Å². The van der Waals surface area contributed by atoms with Gasteiger partial charge in [-0.05, 0) is 24.1 Å². The maximum absolute atomic E-state index is 12.6. The first-order valence-electron chi connectivity index (χ1n) is 7.89. The van der Waals surface area contributed by atoms with Gasteiger partial charge in [-0.15, -0.1) is 0 Å². The fourth-order valence-corrected chi connectivity index (χ4v) is 3.35. The number of hydrogen-bond donors (Lipinski definition) is 1. The SMILES string of the molecule is CCc1cccc2c(C=C3C(=O)N(C)c4ccccc43)c[nH]c12. The fourth-order valence-electron chi connectivity index (χ4n) is 3.35. The Morgan fingerprint density at radius 2 is 1.96 bits per heavy atom. The molecule has 1 aromatic heterocycles. The van der Waals surface area contributed by atoms with Gasteiger partial charge in [0, 0.05) is 40.8 Å². The van der Waals surface area contributed by atoms with Crippen LogP contribution in [0.4, 0.5) is 5.69 Å². The number of nitrogens with zero attached hydrogens (tertiary/aromatic N) is 1. The van der Waals surface area contributed by atoms with Crippen molar-refractivity contribution in [1.82, 2.24) is 4.98 Å². The van der Waals surface area contributed by atoms with E-state index in [-0.39, 0.29) is 5.91 Å². The zero-order valence-electron chi connectivity index (χ0n) is 13.3. The van der Waals surface area contributed by atoms with Crippen molar-refractivity contribution in [1.29, 1.82) is 0 Å². The summed E-state index contributed by atoms with van der Waals surface area (Å²) < 4.78 is 0. The number of carbonyl (C=O) groups is 1. The van der Waals surface area contributed by atoms with E-state index in [1.165, 1.54) is 5.56 Å². The second-order valence-corrected chi connectivity index (χ2v) is 5.88. The highest BCUT2D eigenvalue weighted by molar-refractivity contribution is 6.36. The number of fused-ring (bicyclic) bond motifs is 2. The predicted octanol–water partition coefficient (Wildman–Crippen LogP) is 4.25. The number of benzene rings is 2. The minimum Gasteiger partial charge on any atom is -0.360 e. The number of carbonyl (C=O) groups excluding carboxylic acids is 1. The van der Waals surface area contributed by atoms with E-state index in [0.29, 0.717) is 0 Å². The van der Waals surface area contributed by atoms with Gasteiger partial charge in [0.25, 0.3) is 5.91 Å². The Balaban J connectivity index is 1.90. The van der Waals surface area contributed by atoms with Crippen LogP contribution in [0.1, 0.15) is 23.6 Å². The zero-order valence-corrected chi connectivity index (χ0v) is 13.3. The first kappa shape index (κ1) is 13.8. The maximum Gasteiger partial charge on any atom is 0.258 e. The van der Waals surface area contributed by atoms with Crippen LogP contribution < -0.4 is 4.90 Å². The summed E-state index contributed by atoms with van der Waals surface area (Å²) in [4.78, 5) is 17.7. The standard InChI is InChI=1S/C20H18N2O/c1-3-13-7-6-9-15-14(12-21-19(13)15)11-17-16-8-4-5-10-18(16)22(2)20(17)23/h4-12,21H,3H2,1-2H3. The summed E-state index contributed by atoms with van der Waals surface area (Å²) in [6, 6.07) is 14.3. The molecular formula is C20H18N2O. The molecule has 0 unspecified atom stereocenters. The van der Waals surface area contributed by atoms with E-state index in [0.717, 1.165) is 39.7 Å². The monoisotopic (exact) mass is 302 g/mol.